The van der Waals surface area contributed by atoms with Crippen LogP contribution >= 0.6 is 11.8 Å². The second kappa shape index (κ2) is 9.19. The van der Waals surface area contributed by atoms with Crippen LogP contribution in [0.5, 0.6) is 0 Å². The van der Waals surface area contributed by atoms with Gasteiger partial charge in [-0.1, -0.05) is 60.3 Å². The number of hydrogen-bond acceptors (Lipinski definition) is 4. The first-order valence-corrected chi connectivity index (χ1v) is 12.1. The van der Waals surface area contributed by atoms with Crippen molar-refractivity contribution in [1.82, 2.24) is 19.7 Å². The average molecular weight is 468 g/mol. The molecule has 170 valence electrons. The fraction of sp³-hybridized carbons (Fsp3) is 0.148. The van der Waals surface area contributed by atoms with Crippen LogP contribution in [0.2, 0.25) is 0 Å². The van der Waals surface area contributed by atoms with Crippen LogP contribution in [0.15, 0.2) is 78.1 Å². The number of aromatic amines is 1. The van der Waals surface area contributed by atoms with Gasteiger partial charge in [-0.25, -0.2) is 0 Å². The van der Waals surface area contributed by atoms with Crippen LogP contribution < -0.4 is 5.32 Å². The van der Waals surface area contributed by atoms with Gasteiger partial charge in [-0.15, -0.1) is 10.2 Å². The number of nitrogens with zero attached hydrogens (tertiary/aromatic N) is 3. The predicted octanol–water partition coefficient (Wildman–Crippen LogP) is 6.07. The van der Waals surface area contributed by atoms with Gasteiger partial charge in [-0.05, 0) is 55.7 Å². The van der Waals surface area contributed by atoms with E-state index in [-0.39, 0.29) is 11.7 Å². The zero-order chi connectivity index (χ0) is 23.7. The molecule has 1 amide bonds. The van der Waals surface area contributed by atoms with Crippen LogP contribution in [-0.2, 0) is 4.79 Å². The highest BCUT2D eigenvalue weighted by Crippen LogP contribution is 2.32. The van der Waals surface area contributed by atoms with Crippen LogP contribution in [0.1, 0.15) is 16.7 Å². The minimum absolute atomic E-state index is 0.0742. The summed E-state index contributed by atoms with van der Waals surface area (Å²) < 4.78 is 2.03. The zero-order valence-electron chi connectivity index (χ0n) is 19.3. The van der Waals surface area contributed by atoms with Gasteiger partial charge in [0.15, 0.2) is 11.0 Å². The van der Waals surface area contributed by atoms with Gasteiger partial charge in [0.1, 0.15) is 0 Å². The van der Waals surface area contributed by atoms with Crippen molar-refractivity contribution in [2.75, 3.05) is 11.1 Å². The fourth-order valence-electron chi connectivity index (χ4n) is 4.11. The fourth-order valence-corrected chi connectivity index (χ4v) is 4.86. The number of carbonyl (C=O) groups is 1. The van der Waals surface area contributed by atoms with Crippen LogP contribution in [0.4, 0.5) is 5.69 Å². The normalized spacial score (nSPS) is 11.1. The molecule has 0 aliphatic heterocycles. The number of nitrogens with one attached hydrogen (secondary N) is 2. The first kappa shape index (κ1) is 22.0. The second-order valence-electron chi connectivity index (χ2n) is 8.33. The number of fused-ring (bicyclic) bond motifs is 1. The van der Waals surface area contributed by atoms with Crippen molar-refractivity contribution in [2.45, 2.75) is 25.9 Å². The van der Waals surface area contributed by atoms with Gasteiger partial charge in [-0.2, -0.15) is 0 Å². The highest BCUT2D eigenvalue weighted by atomic mass is 32.2. The summed E-state index contributed by atoms with van der Waals surface area (Å²) in [4.78, 5) is 16.1. The molecule has 7 heteroatoms. The smallest absolute Gasteiger partial charge is 0.234 e. The van der Waals surface area contributed by atoms with Gasteiger partial charge in [0.25, 0.3) is 0 Å². The Morgan fingerprint density at radius 1 is 0.971 bits per heavy atom. The lowest BCUT2D eigenvalue weighted by molar-refractivity contribution is -0.113. The number of carbonyl (C=O) groups excluding carboxylic acids is 1. The van der Waals surface area contributed by atoms with Gasteiger partial charge in [0.2, 0.25) is 5.91 Å². The number of H-pyrrole nitrogens is 1. The van der Waals surface area contributed by atoms with Crippen molar-refractivity contribution in [3.8, 4) is 17.1 Å². The summed E-state index contributed by atoms with van der Waals surface area (Å²) in [7, 11) is 0. The molecule has 6 nitrogen and oxygen atoms in total. The molecular weight excluding hydrogens is 442 g/mol. The largest absolute Gasteiger partial charge is 0.360 e. The minimum atomic E-state index is -0.0742. The Labute approximate surface area is 202 Å². The van der Waals surface area contributed by atoms with Gasteiger partial charge < -0.3 is 10.3 Å². The standard InChI is InChI=1S/C27H25N5OS/c1-17-8-6-11-20(14-17)32-26(22-15-28-23-13-5-4-12-21(22)23)30-31-27(32)34-16-24(33)29-25-18(2)9-7-10-19(25)3/h4-15,28H,16H2,1-3H3,(H,29,33). The van der Waals surface area contributed by atoms with E-state index in [0.29, 0.717) is 5.16 Å². The summed E-state index contributed by atoms with van der Waals surface area (Å²) in [5, 5.41) is 13.8. The number of para-hydroxylation sites is 2. The van der Waals surface area contributed by atoms with E-state index in [9.17, 15) is 4.79 Å². The van der Waals surface area contributed by atoms with Crippen LogP contribution in [-0.4, -0.2) is 31.4 Å². The molecule has 0 spiro atoms. The molecular formula is C27H25N5OS. The Hall–Kier alpha value is -3.84. The van der Waals surface area contributed by atoms with E-state index in [1.54, 1.807) is 0 Å². The molecule has 34 heavy (non-hydrogen) atoms. The maximum absolute atomic E-state index is 12.8. The Morgan fingerprint density at radius 2 is 1.74 bits per heavy atom. The molecule has 2 heterocycles. The molecule has 0 fully saturated rings. The number of aryl methyl sites for hydroxylation is 3. The molecule has 5 aromatic rings. The van der Waals surface area contributed by atoms with E-state index in [2.05, 4.69) is 45.6 Å². The number of benzene rings is 3. The summed E-state index contributed by atoms with van der Waals surface area (Å²) in [6.45, 7) is 6.05. The Bertz CT molecular complexity index is 1480. The van der Waals surface area contributed by atoms with Crippen molar-refractivity contribution < 1.29 is 4.79 Å². The van der Waals surface area contributed by atoms with Crippen molar-refractivity contribution in [3.63, 3.8) is 0 Å². The summed E-state index contributed by atoms with van der Waals surface area (Å²) in [6.07, 6.45) is 1.96. The molecule has 2 aromatic heterocycles. The van der Waals surface area contributed by atoms with Crippen molar-refractivity contribution in [1.29, 1.82) is 0 Å². The number of anilines is 1. The number of thioether (sulfide) groups is 1. The molecule has 2 N–H and O–H groups in total. The lowest BCUT2D eigenvalue weighted by atomic mass is 10.1. The quantitative estimate of drug-likeness (QED) is 0.297. The number of hydrogen-bond donors (Lipinski definition) is 2. The number of amides is 1. The first-order valence-electron chi connectivity index (χ1n) is 11.1. The van der Waals surface area contributed by atoms with Gasteiger partial charge in [0.05, 0.1) is 5.75 Å². The molecule has 0 aliphatic carbocycles. The number of aromatic nitrogens is 4. The molecule has 0 radical (unpaired) electrons. The maximum atomic E-state index is 12.8. The zero-order valence-corrected chi connectivity index (χ0v) is 20.1. The molecule has 5 rings (SSSR count). The van der Waals surface area contributed by atoms with Crippen molar-refractivity contribution in [2.24, 2.45) is 0 Å². The molecule has 0 atom stereocenters. The van der Waals surface area contributed by atoms with Gasteiger partial charge in [0, 0.05) is 34.0 Å². The maximum Gasteiger partial charge on any atom is 0.234 e. The lowest BCUT2D eigenvalue weighted by Gasteiger charge is -2.12. The van der Waals surface area contributed by atoms with E-state index in [4.69, 9.17) is 0 Å². The summed E-state index contributed by atoms with van der Waals surface area (Å²) in [6, 6.07) is 22.3. The predicted molar refractivity (Wildman–Crippen MR) is 139 cm³/mol. The molecule has 0 saturated heterocycles. The van der Waals surface area contributed by atoms with E-state index in [0.717, 1.165) is 50.4 Å². The highest BCUT2D eigenvalue weighted by molar-refractivity contribution is 7.99. The van der Waals surface area contributed by atoms with Crippen molar-refractivity contribution >= 4 is 34.3 Å². The van der Waals surface area contributed by atoms with E-state index in [1.165, 1.54) is 11.8 Å². The Morgan fingerprint density at radius 3 is 2.53 bits per heavy atom. The van der Waals surface area contributed by atoms with Crippen molar-refractivity contribution in [3.05, 3.63) is 89.6 Å². The SMILES string of the molecule is Cc1cccc(-n2c(SCC(=O)Nc3c(C)cccc3C)nnc2-c2c[nH]c3ccccc23)c1. The summed E-state index contributed by atoms with van der Waals surface area (Å²) in [5.41, 5.74) is 7.07. The van der Waals surface area contributed by atoms with E-state index < -0.39 is 0 Å². The molecule has 0 bridgehead atoms. The van der Waals surface area contributed by atoms with Crippen LogP contribution in [0, 0.1) is 20.8 Å². The third-order valence-corrected chi connectivity index (χ3v) is 6.73. The third-order valence-electron chi connectivity index (χ3n) is 5.80. The highest BCUT2D eigenvalue weighted by Gasteiger charge is 2.20. The van der Waals surface area contributed by atoms with E-state index in [1.807, 2.05) is 73.1 Å². The molecule has 0 saturated carbocycles. The lowest BCUT2D eigenvalue weighted by Crippen LogP contribution is -2.16. The molecule has 0 unspecified atom stereocenters. The van der Waals surface area contributed by atoms with Gasteiger partial charge >= 0.3 is 0 Å². The molecule has 3 aromatic carbocycles. The Kier molecular flexibility index (Phi) is 5.94. The van der Waals surface area contributed by atoms with Gasteiger partial charge in [-0.3, -0.25) is 9.36 Å². The van der Waals surface area contributed by atoms with E-state index >= 15 is 0 Å². The summed E-state index contributed by atoms with van der Waals surface area (Å²) in [5.74, 6) is 0.890. The molecule has 0 aliphatic rings. The van der Waals surface area contributed by atoms with Crippen LogP contribution in [0.25, 0.3) is 28.0 Å². The van der Waals surface area contributed by atoms with Crippen LogP contribution in [0.3, 0.4) is 0 Å². The monoisotopic (exact) mass is 467 g/mol. The topological polar surface area (TPSA) is 75.6 Å². The Balaban J connectivity index is 1.48. The second-order valence-corrected chi connectivity index (χ2v) is 9.27. The summed E-state index contributed by atoms with van der Waals surface area (Å²) >= 11 is 1.38. The third kappa shape index (κ3) is 4.22. The first-order chi connectivity index (χ1) is 16.5. The average Bonchev–Trinajstić information content (AvgIpc) is 3.44. The minimum Gasteiger partial charge on any atom is -0.360 e. The number of rotatable bonds is 6.